The molecule has 16 heavy (non-hydrogen) atoms. The molecule has 0 aliphatic carbocycles. The first kappa shape index (κ1) is 13.9. The minimum Gasteiger partial charge on any atom is -0.370 e. The molecule has 1 rings (SSSR count). The zero-order valence-electron chi connectivity index (χ0n) is 9.88. The average Bonchev–Trinajstić information content (AvgIpc) is 2.68. The van der Waals surface area contributed by atoms with Crippen molar-refractivity contribution < 1.29 is 9.53 Å². The third kappa shape index (κ3) is 2.73. The second kappa shape index (κ2) is 5.94. The first-order valence-corrected chi connectivity index (χ1v) is 7.07. The van der Waals surface area contributed by atoms with Crippen molar-refractivity contribution in [3.05, 3.63) is 20.8 Å². The van der Waals surface area contributed by atoms with Gasteiger partial charge < -0.3 is 4.74 Å². The molecule has 0 spiro atoms. The van der Waals surface area contributed by atoms with Gasteiger partial charge in [-0.3, -0.25) is 4.79 Å². The number of halogens is 1. The number of methoxy groups -OCH3 is 1. The van der Waals surface area contributed by atoms with Crippen LogP contribution in [0.15, 0.2) is 15.9 Å². The van der Waals surface area contributed by atoms with Gasteiger partial charge in [-0.25, -0.2) is 0 Å². The van der Waals surface area contributed by atoms with Crippen LogP contribution in [0.1, 0.15) is 31.6 Å². The third-order valence-corrected chi connectivity index (χ3v) is 4.98. The minimum atomic E-state index is -0.608. The van der Waals surface area contributed by atoms with E-state index in [0.29, 0.717) is 6.42 Å². The Morgan fingerprint density at radius 2 is 2.12 bits per heavy atom. The highest BCUT2D eigenvalue weighted by Crippen LogP contribution is 2.28. The molecular formula is C12H17BrO2S. The summed E-state index contributed by atoms with van der Waals surface area (Å²) in [6, 6.07) is 1.97. The fourth-order valence-electron chi connectivity index (χ4n) is 1.80. The highest BCUT2D eigenvalue weighted by Gasteiger charge is 2.34. The van der Waals surface area contributed by atoms with E-state index in [4.69, 9.17) is 4.74 Å². The summed E-state index contributed by atoms with van der Waals surface area (Å²) in [6.07, 6.45) is 1.90. The predicted octanol–water partition coefficient (Wildman–Crippen LogP) is 3.83. The molecule has 0 atom stereocenters. The lowest BCUT2D eigenvalue weighted by Crippen LogP contribution is -2.40. The van der Waals surface area contributed by atoms with E-state index in [-0.39, 0.29) is 5.78 Å². The van der Waals surface area contributed by atoms with Gasteiger partial charge in [0.05, 0.1) is 0 Å². The van der Waals surface area contributed by atoms with Crippen molar-refractivity contribution in [2.75, 3.05) is 7.11 Å². The second-order valence-electron chi connectivity index (χ2n) is 3.70. The molecule has 0 fully saturated rings. The number of ether oxygens (including phenoxy) is 1. The van der Waals surface area contributed by atoms with E-state index in [1.165, 1.54) is 0 Å². The highest BCUT2D eigenvalue weighted by molar-refractivity contribution is 9.10. The molecule has 0 N–H and O–H groups in total. The van der Waals surface area contributed by atoms with Crippen LogP contribution in [0.2, 0.25) is 0 Å². The number of hydrogen-bond donors (Lipinski definition) is 0. The zero-order chi connectivity index (χ0) is 12.2. The van der Waals surface area contributed by atoms with E-state index >= 15 is 0 Å². The summed E-state index contributed by atoms with van der Waals surface area (Å²) in [5, 5.41) is 1.99. The van der Waals surface area contributed by atoms with Gasteiger partial charge in [-0.15, -0.1) is 11.3 Å². The molecule has 0 aromatic carbocycles. The van der Waals surface area contributed by atoms with Gasteiger partial charge in [-0.1, -0.05) is 13.8 Å². The van der Waals surface area contributed by atoms with Crippen molar-refractivity contribution in [3.63, 3.8) is 0 Å². The molecule has 0 aliphatic rings. The number of rotatable bonds is 6. The number of carbonyl (C=O) groups excluding carboxylic acids is 1. The van der Waals surface area contributed by atoms with E-state index in [1.54, 1.807) is 18.4 Å². The molecule has 90 valence electrons. The van der Waals surface area contributed by atoms with Crippen LogP contribution < -0.4 is 0 Å². The maximum absolute atomic E-state index is 12.2. The van der Waals surface area contributed by atoms with Crippen LogP contribution in [-0.2, 0) is 16.0 Å². The van der Waals surface area contributed by atoms with Gasteiger partial charge in [0.1, 0.15) is 5.60 Å². The number of ketones is 1. The molecule has 0 amide bonds. The van der Waals surface area contributed by atoms with Crippen molar-refractivity contribution in [3.8, 4) is 0 Å². The van der Waals surface area contributed by atoms with Gasteiger partial charge in [0.15, 0.2) is 5.78 Å². The van der Waals surface area contributed by atoms with E-state index in [2.05, 4.69) is 15.9 Å². The molecule has 1 heterocycles. The van der Waals surface area contributed by atoms with Crippen molar-refractivity contribution in [1.29, 1.82) is 0 Å². The van der Waals surface area contributed by atoms with Gasteiger partial charge in [0.2, 0.25) is 0 Å². The maximum atomic E-state index is 12.2. The number of thiophene rings is 1. The van der Waals surface area contributed by atoms with Crippen molar-refractivity contribution >= 4 is 33.0 Å². The van der Waals surface area contributed by atoms with Gasteiger partial charge in [-0.05, 0) is 40.2 Å². The molecule has 0 unspecified atom stereocenters. The summed E-state index contributed by atoms with van der Waals surface area (Å²) >= 11 is 5.05. The van der Waals surface area contributed by atoms with Gasteiger partial charge >= 0.3 is 0 Å². The third-order valence-electron chi connectivity index (χ3n) is 3.05. The quantitative estimate of drug-likeness (QED) is 0.798. The standard InChI is InChI=1S/C12H17BrO2S/c1-4-12(5-2,15-3)11(14)8-10-9(13)6-7-16-10/h6-7H,4-5,8H2,1-3H3. The van der Waals surface area contributed by atoms with E-state index in [9.17, 15) is 4.79 Å². The van der Waals surface area contributed by atoms with Gasteiger partial charge in [0.25, 0.3) is 0 Å². The Kier molecular flexibility index (Phi) is 5.15. The molecule has 0 bridgehead atoms. The predicted molar refractivity (Wildman–Crippen MR) is 71.1 cm³/mol. The Bertz CT molecular complexity index is 347. The number of hydrogen-bond acceptors (Lipinski definition) is 3. The maximum Gasteiger partial charge on any atom is 0.169 e. The second-order valence-corrected chi connectivity index (χ2v) is 5.55. The Hall–Kier alpha value is -0.190. The summed E-state index contributed by atoms with van der Waals surface area (Å²) in [5.41, 5.74) is -0.608. The van der Waals surface area contributed by atoms with Crippen LogP contribution in [0.3, 0.4) is 0 Å². The van der Waals surface area contributed by atoms with E-state index in [0.717, 1.165) is 22.2 Å². The smallest absolute Gasteiger partial charge is 0.169 e. The van der Waals surface area contributed by atoms with Crippen LogP contribution in [0.5, 0.6) is 0 Å². The highest BCUT2D eigenvalue weighted by atomic mass is 79.9. The first-order chi connectivity index (χ1) is 7.59. The van der Waals surface area contributed by atoms with Crippen LogP contribution in [-0.4, -0.2) is 18.5 Å². The fraction of sp³-hybridized carbons (Fsp3) is 0.583. The van der Waals surface area contributed by atoms with Crippen LogP contribution in [0.25, 0.3) is 0 Å². The van der Waals surface area contributed by atoms with Crippen LogP contribution >= 0.6 is 27.3 Å². The van der Waals surface area contributed by atoms with Crippen molar-refractivity contribution in [1.82, 2.24) is 0 Å². The zero-order valence-corrected chi connectivity index (χ0v) is 12.3. The average molecular weight is 305 g/mol. The largest absolute Gasteiger partial charge is 0.370 e. The fourth-order valence-corrected chi connectivity index (χ4v) is 3.30. The summed E-state index contributed by atoms with van der Waals surface area (Å²) < 4.78 is 6.44. The van der Waals surface area contributed by atoms with Crippen molar-refractivity contribution in [2.24, 2.45) is 0 Å². The van der Waals surface area contributed by atoms with Gasteiger partial charge in [-0.2, -0.15) is 0 Å². The Morgan fingerprint density at radius 1 is 1.50 bits per heavy atom. The summed E-state index contributed by atoms with van der Waals surface area (Å²) in [6.45, 7) is 3.99. The Labute approximate surface area is 109 Å². The molecule has 0 saturated heterocycles. The molecule has 1 aromatic heterocycles. The van der Waals surface area contributed by atoms with Crippen LogP contribution in [0.4, 0.5) is 0 Å². The van der Waals surface area contributed by atoms with E-state index < -0.39 is 5.60 Å². The molecule has 4 heteroatoms. The summed E-state index contributed by atoms with van der Waals surface area (Å²) in [4.78, 5) is 13.3. The molecule has 1 aromatic rings. The van der Waals surface area contributed by atoms with Gasteiger partial charge in [0, 0.05) is 22.9 Å². The lowest BCUT2D eigenvalue weighted by molar-refractivity contribution is -0.141. The Balaban J connectivity index is 2.81. The topological polar surface area (TPSA) is 26.3 Å². The molecule has 0 saturated carbocycles. The molecule has 0 aliphatic heterocycles. The molecule has 0 radical (unpaired) electrons. The first-order valence-electron chi connectivity index (χ1n) is 5.40. The SMILES string of the molecule is CCC(CC)(OC)C(=O)Cc1sccc1Br. The summed E-state index contributed by atoms with van der Waals surface area (Å²) in [5.74, 6) is 0.170. The van der Waals surface area contributed by atoms with Crippen molar-refractivity contribution in [2.45, 2.75) is 38.7 Å². The molecule has 2 nitrogen and oxygen atoms in total. The lowest BCUT2D eigenvalue weighted by Gasteiger charge is -2.28. The number of Topliss-reactive ketones (excluding diaryl/α,β-unsaturated/α-hetero) is 1. The number of carbonyl (C=O) groups is 1. The normalized spacial score (nSPS) is 11.8. The van der Waals surface area contributed by atoms with Crippen LogP contribution in [0, 0.1) is 0 Å². The molecular weight excluding hydrogens is 288 g/mol. The Morgan fingerprint density at radius 3 is 2.50 bits per heavy atom. The van der Waals surface area contributed by atoms with E-state index in [1.807, 2.05) is 25.3 Å². The summed E-state index contributed by atoms with van der Waals surface area (Å²) in [7, 11) is 1.62. The minimum absolute atomic E-state index is 0.170. The lowest BCUT2D eigenvalue weighted by atomic mass is 9.90. The monoisotopic (exact) mass is 304 g/mol.